The zero-order valence-corrected chi connectivity index (χ0v) is 5.77. The van der Waals surface area contributed by atoms with Gasteiger partial charge in [-0.2, -0.15) is 0 Å². The van der Waals surface area contributed by atoms with Crippen LogP contribution in [0, 0.1) is 3.57 Å². The summed E-state index contributed by atoms with van der Waals surface area (Å²) in [5.41, 5.74) is 6.22. The molecule has 0 atom stereocenters. The van der Waals surface area contributed by atoms with Crippen molar-refractivity contribution in [2.75, 3.05) is 5.73 Å². The van der Waals surface area contributed by atoms with Gasteiger partial charge in [0, 0.05) is 12.4 Å². The van der Waals surface area contributed by atoms with Crippen LogP contribution in [0.3, 0.4) is 0 Å². The van der Waals surface area contributed by atoms with Crippen LogP contribution in [-0.2, 0) is 0 Å². The molecule has 0 saturated heterocycles. The Kier molecular flexibility index (Phi) is 1.23. The van der Waals surface area contributed by atoms with Crippen molar-refractivity contribution in [3.63, 3.8) is 0 Å². The maximum atomic E-state index is 5.40. The zero-order valence-electron chi connectivity index (χ0n) is 3.61. The van der Waals surface area contributed by atoms with Gasteiger partial charge in [0.25, 0.3) is 0 Å². The van der Waals surface area contributed by atoms with E-state index in [2.05, 4.69) is 27.6 Å². The first-order valence-corrected chi connectivity index (χ1v) is 2.96. The monoisotopic (exact) mass is 208 g/mol. The third kappa shape index (κ3) is 0.876. The predicted octanol–water partition coefficient (Wildman–Crippen LogP) is 1.20. The Hall–Kier alpha value is -0.190. The Bertz CT molecular complexity index is 142. The summed E-state index contributed by atoms with van der Waals surface area (Å²) in [6.07, 6.45) is 3.62. The van der Waals surface area contributed by atoms with Gasteiger partial charge in [-0.1, -0.05) is 0 Å². The summed E-state index contributed by atoms with van der Waals surface area (Å²) in [7, 11) is 0. The van der Waals surface area contributed by atoms with Crippen molar-refractivity contribution >= 4 is 28.3 Å². The van der Waals surface area contributed by atoms with Crippen molar-refractivity contribution in [2.45, 2.75) is 0 Å². The molecule has 1 aromatic rings. The van der Waals surface area contributed by atoms with Crippen LogP contribution < -0.4 is 5.73 Å². The highest BCUT2D eigenvalue weighted by Gasteiger charge is 1.88. The number of halogens is 1. The number of rotatable bonds is 0. The zero-order chi connectivity index (χ0) is 5.28. The van der Waals surface area contributed by atoms with Gasteiger partial charge in [0.05, 0.1) is 9.26 Å². The summed E-state index contributed by atoms with van der Waals surface area (Å²) in [5, 5.41) is 0. The van der Waals surface area contributed by atoms with Crippen LogP contribution in [0.25, 0.3) is 0 Å². The van der Waals surface area contributed by atoms with Crippen LogP contribution in [0.15, 0.2) is 12.4 Å². The normalized spacial score (nSPS) is 9.29. The number of aromatic nitrogens is 1. The van der Waals surface area contributed by atoms with E-state index in [1.165, 1.54) is 0 Å². The summed E-state index contributed by atoms with van der Waals surface area (Å²) in [5.74, 6) is 0. The van der Waals surface area contributed by atoms with Gasteiger partial charge in [-0.15, -0.1) is 0 Å². The summed E-state index contributed by atoms with van der Waals surface area (Å²) in [6.45, 7) is 0. The number of nitrogen functional groups attached to an aromatic ring is 1. The van der Waals surface area contributed by atoms with Crippen molar-refractivity contribution in [1.82, 2.24) is 4.98 Å². The number of hydrogen-bond donors (Lipinski definition) is 2. The Morgan fingerprint density at radius 2 is 2.29 bits per heavy atom. The van der Waals surface area contributed by atoms with E-state index >= 15 is 0 Å². The fourth-order valence-corrected chi connectivity index (χ4v) is 0.692. The van der Waals surface area contributed by atoms with E-state index < -0.39 is 0 Å². The molecule has 3 heteroatoms. The molecule has 0 unspecified atom stereocenters. The standard InChI is InChI=1S/C4H5IN2/c5-3-1-7-2-4(3)6/h1-2,7H,6H2. The molecular weight excluding hydrogens is 203 g/mol. The third-order valence-corrected chi connectivity index (χ3v) is 1.66. The van der Waals surface area contributed by atoms with Gasteiger partial charge in [-0.3, -0.25) is 0 Å². The average molecular weight is 208 g/mol. The summed E-state index contributed by atoms with van der Waals surface area (Å²) in [4.78, 5) is 2.87. The minimum Gasteiger partial charge on any atom is -0.397 e. The molecule has 0 spiro atoms. The first-order valence-electron chi connectivity index (χ1n) is 1.88. The molecular formula is C4H5IN2. The quantitative estimate of drug-likeness (QED) is 0.618. The Balaban J connectivity index is 3.12. The topological polar surface area (TPSA) is 41.8 Å². The Labute approximate surface area is 55.2 Å². The van der Waals surface area contributed by atoms with Crippen molar-refractivity contribution in [2.24, 2.45) is 0 Å². The van der Waals surface area contributed by atoms with Crippen LogP contribution in [0.2, 0.25) is 0 Å². The van der Waals surface area contributed by atoms with E-state index in [0.29, 0.717) is 0 Å². The van der Waals surface area contributed by atoms with E-state index in [1.807, 2.05) is 6.20 Å². The maximum Gasteiger partial charge on any atom is 0.0627 e. The van der Waals surface area contributed by atoms with E-state index in [-0.39, 0.29) is 0 Å². The smallest absolute Gasteiger partial charge is 0.0627 e. The van der Waals surface area contributed by atoms with E-state index in [9.17, 15) is 0 Å². The number of nitrogens with one attached hydrogen (secondary N) is 1. The summed E-state index contributed by atoms with van der Waals surface area (Å²) < 4.78 is 1.08. The molecule has 0 amide bonds. The van der Waals surface area contributed by atoms with Crippen molar-refractivity contribution < 1.29 is 0 Å². The third-order valence-electron chi connectivity index (χ3n) is 0.725. The van der Waals surface area contributed by atoms with E-state index in [4.69, 9.17) is 5.73 Å². The highest BCUT2D eigenvalue weighted by atomic mass is 127. The molecule has 38 valence electrons. The van der Waals surface area contributed by atoms with Crippen molar-refractivity contribution in [3.05, 3.63) is 16.0 Å². The summed E-state index contributed by atoms with van der Waals surface area (Å²) >= 11 is 2.16. The van der Waals surface area contributed by atoms with Gasteiger partial charge >= 0.3 is 0 Å². The van der Waals surface area contributed by atoms with E-state index in [1.54, 1.807) is 6.20 Å². The van der Waals surface area contributed by atoms with Gasteiger partial charge in [-0.25, -0.2) is 0 Å². The van der Waals surface area contributed by atoms with Crippen molar-refractivity contribution in [3.8, 4) is 0 Å². The molecule has 1 aromatic heterocycles. The molecule has 0 aliphatic rings. The van der Waals surface area contributed by atoms with Crippen LogP contribution in [0.4, 0.5) is 5.69 Å². The van der Waals surface area contributed by atoms with Crippen LogP contribution in [0.1, 0.15) is 0 Å². The molecule has 3 N–H and O–H groups in total. The Morgan fingerprint density at radius 1 is 1.57 bits per heavy atom. The second-order valence-corrected chi connectivity index (χ2v) is 2.42. The molecule has 0 radical (unpaired) electrons. The molecule has 1 rings (SSSR count). The summed E-state index contributed by atoms with van der Waals surface area (Å²) in [6, 6.07) is 0. The molecule has 7 heavy (non-hydrogen) atoms. The van der Waals surface area contributed by atoms with Crippen LogP contribution >= 0.6 is 22.6 Å². The number of H-pyrrole nitrogens is 1. The van der Waals surface area contributed by atoms with Gasteiger partial charge in [0.1, 0.15) is 0 Å². The molecule has 2 nitrogen and oxygen atoms in total. The second-order valence-electron chi connectivity index (χ2n) is 1.26. The molecule has 1 heterocycles. The largest absolute Gasteiger partial charge is 0.397 e. The number of aromatic amines is 1. The lowest BCUT2D eigenvalue weighted by molar-refractivity contribution is 1.41. The lowest BCUT2D eigenvalue weighted by atomic mass is 10.6. The first kappa shape index (κ1) is 4.96. The fraction of sp³-hybridized carbons (Fsp3) is 0. The van der Waals surface area contributed by atoms with E-state index in [0.717, 1.165) is 9.26 Å². The Morgan fingerprint density at radius 3 is 2.43 bits per heavy atom. The average Bonchev–Trinajstić information content (AvgIpc) is 1.91. The number of hydrogen-bond acceptors (Lipinski definition) is 1. The van der Waals surface area contributed by atoms with Gasteiger partial charge in [-0.05, 0) is 22.6 Å². The lowest BCUT2D eigenvalue weighted by Crippen LogP contribution is -1.80. The minimum absolute atomic E-state index is 0.820. The molecule has 0 aliphatic carbocycles. The second kappa shape index (κ2) is 1.73. The van der Waals surface area contributed by atoms with Gasteiger partial charge in [0.15, 0.2) is 0 Å². The molecule has 0 aliphatic heterocycles. The molecule has 0 bridgehead atoms. The van der Waals surface area contributed by atoms with Gasteiger partial charge in [0.2, 0.25) is 0 Å². The molecule has 0 saturated carbocycles. The number of nitrogens with two attached hydrogens (primary N) is 1. The maximum absolute atomic E-state index is 5.40. The fourth-order valence-electron chi connectivity index (χ4n) is 0.357. The first-order chi connectivity index (χ1) is 3.30. The lowest BCUT2D eigenvalue weighted by Gasteiger charge is -1.78. The van der Waals surface area contributed by atoms with Gasteiger partial charge < -0.3 is 10.7 Å². The molecule has 0 fully saturated rings. The minimum atomic E-state index is 0.820. The highest BCUT2D eigenvalue weighted by molar-refractivity contribution is 14.1. The molecule has 0 aromatic carbocycles. The van der Waals surface area contributed by atoms with Crippen LogP contribution in [-0.4, -0.2) is 4.98 Å². The SMILES string of the molecule is Nc1c[nH]cc1I. The van der Waals surface area contributed by atoms with Crippen LogP contribution in [0.5, 0.6) is 0 Å². The highest BCUT2D eigenvalue weighted by Crippen LogP contribution is 2.10. The van der Waals surface area contributed by atoms with Crippen molar-refractivity contribution in [1.29, 1.82) is 0 Å². The predicted molar refractivity (Wildman–Crippen MR) is 37.9 cm³/mol. The number of anilines is 1.